The van der Waals surface area contributed by atoms with Gasteiger partial charge in [-0.15, -0.1) is 0 Å². The maximum absolute atomic E-state index is 12.1. The second kappa shape index (κ2) is 4.58. The third-order valence-electron chi connectivity index (χ3n) is 3.62. The molecule has 1 fully saturated rings. The lowest BCUT2D eigenvalue weighted by Crippen LogP contribution is -2.52. The topological polar surface area (TPSA) is 52.9 Å². The van der Waals surface area contributed by atoms with E-state index < -0.39 is 0 Å². The van der Waals surface area contributed by atoms with E-state index in [9.17, 15) is 4.79 Å². The SMILES string of the molecule is CCC1(NC(=O)c2cccc(C#N)c2)CCC1. The van der Waals surface area contributed by atoms with Gasteiger partial charge in [-0.2, -0.15) is 5.26 Å². The van der Waals surface area contributed by atoms with Gasteiger partial charge in [0.1, 0.15) is 0 Å². The fraction of sp³-hybridized carbons (Fsp3) is 0.429. The zero-order chi connectivity index (χ0) is 12.3. The Morgan fingerprint density at radius 2 is 2.29 bits per heavy atom. The zero-order valence-corrected chi connectivity index (χ0v) is 9.99. The first-order valence-corrected chi connectivity index (χ1v) is 6.02. The van der Waals surface area contributed by atoms with Crippen LogP contribution in [0, 0.1) is 11.3 Å². The third kappa shape index (κ3) is 2.31. The van der Waals surface area contributed by atoms with Crippen molar-refractivity contribution in [1.29, 1.82) is 5.26 Å². The van der Waals surface area contributed by atoms with E-state index >= 15 is 0 Å². The average molecular weight is 228 g/mol. The number of carbonyl (C=O) groups excluding carboxylic acids is 1. The Kier molecular flexibility index (Phi) is 3.14. The molecule has 1 N–H and O–H groups in total. The van der Waals surface area contributed by atoms with Crippen LogP contribution in [-0.4, -0.2) is 11.4 Å². The minimum atomic E-state index is -0.0661. The fourth-order valence-electron chi connectivity index (χ4n) is 2.21. The molecule has 1 amide bonds. The predicted molar refractivity (Wildman–Crippen MR) is 65.5 cm³/mol. The van der Waals surface area contributed by atoms with Crippen LogP contribution in [0.15, 0.2) is 24.3 Å². The minimum absolute atomic E-state index is 0.000267. The molecule has 17 heavy (non-hydrogen) atoms. The number of carbonyl (C=O) groups is 1. The smallest absolute Gasteiger partial charge is 0.251 e. The molecule has 2 rings (SSSR count). The van der Waals surface area contributed by atoms with Gasteiger partial charge in [-0.3, -0.25) is 4.79 Å². The predicted octanol–water partition coefficient (Wildman–Crippen LogP) is 2.62. The molecule has 1 aromatic carbocycles. The Bertz CT molecular complexity index is 464. The molecule has 1 aliphatic rings. The first-order chi connectivity index (χ1) is 8.19. The van der Waals surface area contributed by atoms with Crippen molar-refractivity contribution < 1.29 is 4.79 Å². The van der Waals surface area contributed by atoms with E-state index in [0.29, 0.717) is 11.1 Å². The molecule has 0 unspecified atom stereocenters. The number of hydrogen-bond donors (Lipinski definition) is 1. The van der Waals surface area contributed by atoms with Crippen LogP contribution < -0.4 is 5.32 Å². The minimum Gasteiger partial charge on any atom is -0.347 e. The third-order valence-corrected chi connectivity index (χ3v) is 3.62. The van der Waals surface area contributed by atoms with E-state index in [4.69, 9.17) is 5.26 Å². The number of nitrogens with one attached hydrogen (secondary N) is 1. The summed E-state index contributed by atoms with van der Waals surface area (Å²) < 4.78 is 0. The van der Waals surface area contributed by atoms with Gasteiger partial charge < -0.3 is 5.32 Å². The maximum atomic E-state index is 12.1. The van der Waals surface area contributed by atoms with Crippen LogP contribution in [0.2, 0.25) is 0 Å². The number of benzene rings is 1. The van der Waals surface area contributed by atoms with E-state index in [1.54, 1.807) is 24.3 Å². The van der Waals surface area contributed by atoms with Gasteiger partial charge in [0.2, 0.25) is 0 Å². The van der Waals surface area contributed by atoms with Gasteiger partial charge >= 0.3 is 0 Å². The van der Waals surface area contributed by atoms with E-state index in [2.05, 4.69) is 12.2 Å². The summed E-state index contributed by atoms with van der Waals surface area (Å²) in [6.07, 6.45) is 4.28. The van der Waals surface area contributed by atoms with Crippen LogP contribution in [0.4, 0.5) is 0 Å². The fourth-order valence-corrected chi connectivity index (χ4v) is 2.21. The number of nitrogens with zero attached hydrogens (tertiary/aromatic N) is 1. The number of rotatable bonds is 3. The summed E-state index contributed by atoms with van der Waals surface area (Å²) in [4.78, 5) is 12.1. The quantitative estimate of drug-likeness (QED) is 0.864. The van der Waals surface area contributed by atoms with Crippen LogP contribution in [0.25, 0.3) is 0 Å². The zero-order valence-electron chi connectivity index (χ0n) is 9.99. The van der Waals surface area contributed by atoms with Gasteiger partial charge in [0.05, 0.1) is 11.6 Å². The molecule has 1 saturated carbocycles. The summed E-state index contributed by atoms with van der Waals surface area (Å²) in [6, 6.07) is 8.88. The first kappa shape index (κ1) is 11.7. The average Bonchev–Trinajstić information content (AvgIpc) is 2.33. The standard InChI is InChI=1S/C14H16N2O/c1-2-14(7-4-8-14)16-13(17)12-6-3-5-11(9-12)10-15/h3,5-6,9H,2,4,7-8H2,1H3,(H,16,17). The maximum Gasteiger partial charge on any atom is 0.251 e. The normalized spacial score (nSPS) is 16.7. The van der Waals surface area contributed by atoms with Crippen molar-refractivity contribution in [3.05, 3.63) is 35.4 Å². The van der Waals surface area contributed by atoms with Crippen LogP contribution in [0.5, 0.6) is 0 Å². The van der Waals surface area contributed by atoms with Crippen molar-refractivity contribution in [2.75, 3.05) is 0 Å². The van der Waals surface area contributed by atoms with Crippen molar-refractivity contribution in [3.8, 4) is 6.07 Å². The molecule has 88 valence electrons. The van der Waals surface area contributed by atoms with Crippen molar-refractivity contribution in [2.45, 2.75) is 38.1 Å². The van der Waals surface area contributed by atoms with Gasteiger partial charge in [-0.25, -0.2) is 0 Å². The Balaban J connectivity index is 2.12. The highest BCUT2D eigenvalue weighted by atomic mass is 16.1. The largest absolute Gasteiger partial charge is 0.347 e. The highest BCUT2D eigenvalue weighted by Gasteiger charge is 2.36. The van der Waals surface area contributed by atoms with Crippen molar-refractivity contribution >= 4 is 5.91 Å². The Labute approximate surface area is 101 Å². The monoisotopic (exact) mass is 228 g/mol. The van der Waals surface area contributed by atoms with Crippen LogP contribution in [0.1, 0.15) is 48.5 Å². The Morgan fingerprint density at radius 3 is 2.82 bits per heavy atom. The molecular formula is C14H16N2O. The summed E-state index contributed by atoms with van der Waals surface area (Å²) in [6.45, 7) is 2.10. The lowest BCUT2D eigenvalue weighted by molar-refractivity contribution is 0.0820. The molecule has 1 aliphatic carbocycles. The molecule has 3 heteroatoms. The lowest BCUT2D eigenvalue weighted by Gasteiger charge is -2.42. The molecule has 1 aromatic rings. The summed E-state index contributed by atoms with van der Waals surface area (Å²) in [5.41, 5.74) is 1.10. The summed E-state index contributed by atoms with van der Waals surface area (Å²) in [5.74, 6) is -0.0661. The van der Waals surface area contributed by atoms with Crippen molar-refractivity contribution in [1.82, 2.24) is 5.32 Å². The van der Waals surface area contributed by atoms with Crippen LogP contribution in [-0.2, 0) is 0 Å². The molecule has 0 aromatic heterocycles. The van der Waals surface area contributed by atoms with Gasteiger partial charge in [0, 0.05) is 11.1 Å². The molecule has 0 saturated heterocycles. The van der Waals surface area contributed by atoms with Crippen LogP contribution >= 0.6 is 0 Å². The second-order valence-electron chi connectivity index (χ2n) is 4.63. The number of hydrogen-bond acceptors (Lipinski definition) is 2. The molecular weight excluding hydrogens is 212 g/mol. The van der Waals surface area contributed by atoms with Gasteiger partial charge in [0.15, 0.2) is 0 Å². The molecule has 0 bridgehead atoms. The highest BCUT2D eigenvalue weighted by Crippen LogP contribution is 2.34. The lowest BCUT2D eigenvalue weighted by atomic mass is 9.74. The number of amides is 1. The highest BCUT2D eigenvalue weighted by molar-refractivity contribution is 5.95. The van der Waals surface area contributed by atoms with Crippen LogP contribution in [0.3, 0.4) is 0 Å². The van der Waals surface area contributed by atoms with Gasteiger partial charge in [0.25, 0.3) is 5.91 Å². The van der Waals surface area contributed by atoms with Crippen molar-refractivity contribution in [2.24, 2.45) is 0 Å². The summed E-state index contributed by atoms with van der Waals surface area (Å²) >= 11 is 0. The Hall–Kier alpha value is -1.82. The Morgan fingerprint density at radius 1 is 1.53 bits per heavy atom. The van der Waals surface area contributed by atoms with Gasteiger partial charge in [-0.05, 0) is 43.9 Å². The molecule has 0 radical (unpaired) electrons. The molecule has 0 spiro atoms. The molecule has 0 atom stereocenters. The summed E-state index contributed by atoms with van der Waals surface area (Å²) in [7, 11) is 0. The van der Waals surface area contributed by atoms with Gasteiger partial charge in [-0.1, -0.05) is 13.0 Å². The number of nitriles is 1. The second-order valence-corrected chi connectivity index (χ2v) is 4.63. The van der Waals surface area contributed by atoms with E-state index in [0.717, 1.165) is 19.3 Å². The molecule has 0 aliphatic heterocycles. The summed E-state index contributed by atoms with van der Waals surface area (Å²) in [5, 5.41) is 11.9. The van der Waals surface area contributed by atoms with E-state index in [1.807, 2.05) is 6.07 Å². The van der Waals surface area contributed by atoms with Crippen molar-refractivity contribution in [3.63, 3.8) is 0 Å². The van der Waals surface area contributed by atoms with E-state index in [-0.39, 0.29) is 11.4 Å². The van der Waals surface area contributed by atoms with E-state index in [1.165, 1.54) is 6.42 Å². The molecule has 0 heterocycles. The molecule has 3 nitrogen and oxygen atoms in total. The first-order valence-electron chi connectivity index (χ1n) is 6.02.